The molecule has 1 aliphatic heterocycles. The topological polar surface area (TPSA) is 81.6 Å². The number of esters is 1. The SMILES string of the molecule is CCOC(=O)C1(CCCc2cnc(Br)cn2)CCN(C(=O)OC(C)(C)C)CC1. The normalized spacial score (nSPS) is 16.5. The van der Waals surface area contributed by atoms with Crippen LogP contribution in [0.1, 0.15) is 59.1 Å². The van der Waals surface area contributed by atoms with Crippen molar-refractivity contribution >= 4 is 28.0 Å². The van der Waals surface area contributed by atoms with E-state index in [1.807, 2.05) is 27.7 Å². The average Bonchev–Trinajstić information content (AvgIpc) is 2.62. The summed E-state index contributed by atoms with van der Waals surface area (Å²) in [4.78, 5) is 35.2. The van der Waals surface area contributed by atoms with Crippen LogP contribution in [0.3, 0.4) is 0 Å². The summed E-state index contributed by atoms with van der Waals surface area (Å²) < 4.78 is 11.5. The first kappa shape index (κ1) is 22.6. The molecule has 2 heterocycles. The Bertz CT molecular complexity index is 665. The van der Waals surface area contributed by atoms with Gasteiger partial charge in [-0.05, 0) is 75.7 Å². The molecular weight excluding hydrogens is 426 g/mol. The van der Waals surface area contributed by atoms with Crippen molar-refractivity contribution in [1.29, 1.82) is 0 Å². The Morgan fingerprint density at radius 3 is 2.43 bits per heavy atom. The molecule has 0 radical (unpaired) electrons. The van der Waals surface area contributed by atoms with Crippen molar-refractivity contribution in [2.75, 3.05) is 19.7 Å². The van der Waals surface area contributed by atoms with Crippen LogP contribution in [0.4, 0.5) is 4.79 Å². The number of rotatable bonds is 6. The van der Waals surface area contributed by atoms with Crippen molar-refractivity contribution in [3.05, 3.63) is 22.7 Å². The molecule has 1 amide bonds. The summed E-state index contributed by atoms with van der Waals surface area (Å²) in [5, 5.41) is 0. The van der Waals surface area contributed by atoms with Crippen molar-refractivity contribution in [2.45, 2.75) is 65.4 Å². The Morgan fingerprint density at radius 1 is 1.21 bits per heavy atom. The molecular formula is C20H30BrN3O4. The van der Waals surface area contributed by atoms with Crippen LogP contribution in [-0.2, 0) is 20.7 Å². The molecule has 2 rings (SSSR count). The highest BCUT2D eigenvalue weighted by atomic mass is 79.9. The molecule has 1 saturated heterocycles. The molecule has 8 heteroatoms. The molecule has 0 aliphatic carbocycles. The number of aryl methyl sites for hydroxylation is 1. The molecule has 0 spiro atoms. The number of nitrogens with zero attached hydrogens (tertiary/aromatic N) is 3. The van der Waals surface area contributed by atoms with Crippen LogP contribution in [-0.4, -0.2) is 52.2 Å². The van der Waals surface area contributed by atoms with Crippen LogP contribution in [0.5, 0.6) is 0 Å². The second-order valence-corrected chi connectivity index (χ2v) is 8.96. The summed E-state index contributed by atoms with van der Waals surface area (Å²) >= 11 is 3.28. The van der Waals surface area contributed by atoms with Crippen LogP contribution in [0.25, 0.3) is 0 Å². The Labute approximate surface area is 175 Å². The number of carbonyl (C=O) groups is 2. The molecule has 1 aromatic rings. The maximum Gasteiger partial charge on any atom is 0.410 e. The molecule has 156 valence electrons. The van der Waals surface area contributed by atoms with Crippen LogP contribution in [0.15, 0.2) is 17.0 Å². The molecule has 0 unspecified atom stereocenters. The molecule has 0 bridgehead atoms. The van der Waals surface area contributed by atoms with Gasteiger partial charge in [0.25, 0.3) is 0 Å². The number of hydrogen-bond acceptors (Lipinski definition) is 6. The van der Waals surface area contributed by atoms with Crippen molar-refractivity contribution in [1.82, 2.24) is 14.9 Å². The smallest absolute Gasteiger partial charge is 0.410 e. The third-order valence-corrected chi connectivity index (χ3v) is 5.25. The van der Waals surface area contributed by atoms with Crippen molar-refractivity contribution in [3.63, 3.8) is 0 Å². The minimum Gasteiger partial charge on any atom is -0.466 e. The number of aromatic nitrogens is 2. The highest BCUT2D eigenvalue weighted by molar-refractivity contribution is 9.10. The van der Waals surface area contributed by atoms with Gasteiger partial charge >= 0.3 is 12.1 Å². The van der Waals surface area contributed by atoms with Crippen molar-refractivity contribution < 1.29 is 19.1 Å². The molecule has 0 atom stereocenters. The van der Waals surface area contributed by atoms with Gasteiger partial charge in [0.15, 0.2) is 0 Å². The molecule has 0 saturated carbocycles. The first-order chi connectivity index (χ1) is 13.1. The van der Waals surface area contributed by atoms with Gasteiger partial charge in [-0.15, -0.1) is 0 Å². The lowest BCUT2D eigenvalue weighted by Gasteiger charge is -2.40. The fourth-order valence-corrected chi connectivity index (χ4v) is 3.56. The average molecular weight is 456 g/mol. The zero-order valence-electron chi connectivity index (χ0n) is 17.2. The van der Waals surface area contributed by atoms with E-state index >= 15 is 0 Å². The summed E-state index contributed by atoms with van der Waals surface area (Å²) in [5.41, 5.74) is -0.191. The maximum absolute atomic E-state index is 12.7. The second kappa shape index (κ2) is 9.67. The summed E-state index contributed by atoms with van der Waals surface area (Å²) in [6.45, 7) is 8.71. The van der Waals surface area contributed by atoms with E-state index in [1.165, 1.54) is 0 Å². The molecule has 28 heavy (non-hydrogen) atoms. The van der Waals surface area contributed by atoms with Crippen molar-refractivity contribution in [2.24, 2.45) is 5.41 Å². The van der Waals surface area contributed by atoms with Crippen LogP contribution >= 0.6 is 15.9 Å². The summed E-state index contributed by atoms with van der Waals surface area (Å²) in [7, 11) is 0. The largest absolute Gasteiger partial charge is 0.466 e. The van der Waals surface area contributed by atoms with Gasteiger partial charge in [-0.2, -0.15) is 0 Å². The van der Waals surface area contributed by atoms with Gasteiger partial charge in [-0.25, -0.2) is 9.78 Å². The van der Waals surface area contributed by atoms with E-state index in [9.17, 15) is 9.59 Å². The minimum atomic E-state index is -0.558. The van der Waals surface area contributed by atoms with Gasteiger partial charge in [-0.3, -0.25) is 9.78 Å². The van der Waals surface area contributed by atoms with Gasteiger partial charge in [0.05, 0.1) is 23.9 Å². The van der Waals surface area contributed by atoms with E-state index in [0.29, 0.717) is 43.6 Å². The standard InChI is InChI=1S/C20H30BrN3O4/c1-5-27-17(25)20(8-6-7-15-13-23-16(21)14-22-15)9-11-24(12-10-20)18(26)28-19(2,3)4/h13-14H,5-12H2,1-4H3. The lowest BCUT2D eigenvalue weighted by Crippen LogP contribution is -2.48. The minimum absolute atomic E-state index is 0.166. The predicted molar refractivity (Wildman–Crippen MR) is 109 cm³/mol. The number of piperidine rings is 1. The zero-order valence-corrected chi connectivity index (χ0v) is 18.8. The summed E-state index contributed by atoms with van der Waals surface area (Å²) in [6, 6.07) is 0. The highest BCUT2D eigenvalue weighted by Crippen LogP contribution is 2.38. The number of likely N-dealkylation sites (tertiary alicyclic amines) is 1. The first-order valence-electron chi connectivity index (χ1n) is 9.77. The van der Waals surface area contributed by atoms with Crippen molar-refractivity contribution in [3.8, 4) is 0 Å². The van der Waals surface area contributed by atoms with Gasteiger partial charge in [-0.1, -0.05) is 0 Å². The van der Waals surface area contributed by atoms with Crippen LogP contribution in [0.2, 0.25) is 0 Å². The lowest BCUT2D eigenvalue weighted by molar-refractivity contribution is -0.159. The van der Waals surface area contributed by atoms with Crippen LogP contribution < -0.4 is 0 Å². The third-order valence-electron chi connectivity index (χ3n) is 4.84. The van der Waals surface area contributed by atoms with Gasteiger partial charge < -0.3 is 14.4 Å². The number of ether oxygens (including phenoxy) is 2. The Hall–Kier alpha value is -1.70. The molecule has 0 aromatic carbocycles. The Morgan fingerprint density at radius 2 is 1.89 bits per heavy atom. The lowest BCUT2D eigenvalue weighted by atomic mass is 9.74. The van der Waals surface area contributed by atoms with E-state index in [1.54, 1.807) is 17.3 Å². The van der Waals surface area contributed by atoms with E-state index in [-0.39, 0.29) is 12.1 Å². The molecule has 7 nitrogen and oxygen atoms in total. The Balaban J connectivity index is 1.97. The Kier molecular flexibility index (Phi) is 7.80. The van der Waals surface area contributed by atoms with E-state index in [0.717, 1.165) is 18.5 Å². The van der Waals surface area contributed by atoms with Crippen LogP contribution in [0, 0.1) is 5.41 Å². The van der Waals surface area contributed by atoms with E-state index in [2.05, 4.69) is 25.9 Å². The number of amides is 1. The third kappa shape index (κ3) is 6.43. The fourth-order valence-electron chi connectivity index (χ4n) is 3.36. The van der Waals surface area contributed by atoms with Gasteiger partial charge in [0, 0.05) is 19.3 Å². The maximum atomic E-state index is 12.7. The predicted octanol–water partition coefficient (Wildman–Crippen LogP) is 4.14. The van der Waals surface area contributed by atoms with Gasteiger partial charge in [0.1, 0.15) is 10.2 Å². The number of hydrogen-bond donors (Lipinski definition) is 0. The van der Waals surface area contributed by atoms with E-state index in [4.69, 9.17) is 9.47 Å². The fraction of sp³-hybridized carbons (Fsp3) is 0.700. The summed E-state index contributed by atoms with van der Waals surface area (Å²) in [5.74, 6) is -0.166. The summed E-state index contributed by atoms with van der Waals surface area (Å²) in [6.07, 6.45) is 6.51. The quantitative estimate of drug-likeness (QED) is 0.599. The number of carbonyl (C=O) groups excluding carboxylic acids is 2. The highest BCUT2D eigenvalue weighted by Gasteiger charge is 2.43. The molecule has 0 N–H and O–H groups in total. The molecule has 1 fully saturated rings. The van der Waals surface area contributed by atoms with E-state index < -0.39 is 11.0 Å². The first-order valence-corrected chi connectivity index (χ1v) is 10.6. The molecule has 1 aromatic heterocycles. The zero-order chi connectivity index (χ0) is 20.8. The molecule has 1 aliphatic rings. The number of halogens is 1. The monoisotopic (exact) mass is 455 g/mol. The second-order valence-electron chi connectivity index (χ2n) is 8.15. The van der Waals surface area contributed by atoms with Gasteiger partial charge in [0.2, 0.25) is 0 Å².